The van der Waals surface area contributed by atoms with Crippen LogP contribution in [0.3, 0.4) is 0 Å². The molecule has 0 spiro atoms. The van der Waals surface area contributed by atoms with Crippen LogP contribution in [0.25, 0.3) is 5.57 Å². The Kier molecular flexibility index (Phi) is 4.93. The smallest absolute Gasteiger partial charge is 0.0255 e. The monoisotopic (exact) mass is 362 g/mol. The molecule has 0 nitrogen and oxygen atoms in total. The molecule has 138 valence electrons. The maximum absolute atomic E-state index is 3.35. The number of hydrogen-bond donors (Lipinski definition) is 0. The van der Waals surface area contributed by atoms with Crippen LogP contribution in [0.5, 0.6) is 0 Å². The summed E-state index contributed by atoms with van der Waals surface area (Å²) in [7, 11) is 0. The molecule has 0 atom stereocenters. The van der Waals surface area contributed by atoms with Crippen molar-refractivity contribution in [2.75, 3.05) is 0 Å². The van der Waals surface area contributed by atoms with Gasteiger partial charge in [0.1, 0.15) is 0 Å². The lowest BCUT2D eigenvalue weighted by Crippen LogP contribution is -2.22. The number of benzene rings is 3. The summed E-state index contributed by atoms with van der Waals surface area (Å²) in [6.45, 7) is 6.85. The largest absolute Gasteiger partial charge is 0.0752 e. The van der Waals surface area contributed by atoms with Gasteiger partial charge in [0.2, 0.25) is 0 Å². The molecule has 4 rings (SSSR count). The van der Waals surface area contributed by atoms with Gasteiger partial charge in [-0.25, -0.2) is 0 Å². The van der Waals surface area contributed by atoms with E-state index in [9.17, 15) is 0 Å². The highest BCUT2D eigenvalue weighted by Crippen LogP contribution is 2.41. The van der Waals surface area contributed by atoms with Crippen LogP contribution >= 0.6 is 0 Å². The van der Waals surface area contributed by atoms with E-state index in [-0.39, 0.29) is 5.41 Å². The molecule has 0 N–H and O–H groups in total. The second kappa shape index (κ2) is 7.53. The molecule has 0 radical (unpaired) electrons. The molecule has 0 aliphatic heterocycles. The van der Waals surface area contributed by atoms with Crippen LogP contribution in [0.1, 0.15) is 60.6 Å². The van der Waals surface area contributed by atoms with Crippen LogP contribution in [-0.4, -0.2) is 0 Å². The normalized spacial score (nSPS) is 14.5. The molecule has 3 aromatic carbocycles. The van der Waals surface area contributed by atoms with E-state index in [1.807, 2.05) is 18.2 Å². The fraction of sp³-hybridized carbons (Fsp3) is 0.214. The third-order valence-corrected chi connectivity index (χ3v) is 5.65. The first-order chi connectivity index (χ1) is 13.6. The molecule has 0 fully saturated rings. The molecule has 1 aliphatic carbocycles. The van der Waals surface area contributed by atoms with Crippen molar-refractivity contribution in [2.24, 2.45) is 0 Å². The molecule has 3 aromatic rings. The number of allylic oxidation sites excluding steroid dienone is 1. The van der Waals surface area contributed by atoms with Gasteiger partial charge in [-0.2, -0.15) is 0 Å². The molecule has 0 saturated heterocycles. The van der Waals surface area contributed by atoms with Crippen LogP contribution in [0.2, 0.25) is 0 Å². The van der Waals surface area contributed by atoms with Gasteiger partial charge in [0.25, 0.3) is 0 Å². The van der Waals surface area contributed by atoms with E-state index in [0.29, 0.717) is 0 Å². The maximum atomic E-state index is 3.35. The van der Waals surface area contributed by atoms with Crippen LogP contribution in [0.15, 0.2) is 78.9 Å². The highest BCUT2D eigenvalue weighted by molar-refractivity contribution is 5.84. The average molecular weight is 363 g/mol. The predicted molar refractivity (Wildman–Crippen MR) is 119 cm³/mol. The molecule has 0 amide bonds. The molecule has 28 heavy (non-hydrogen) atoms. The molecule has 0 heterocycles. The van der Waals surface area contributed by atoms with Crippen LogP contribution in [0.4, 0.5) is 0 Å². The summed E-state index contributed by atoms with van der Waals surface area (Å²) < 4.78 is 0. The van der Waals surface area contributed by atoms with Crippen molar-refractivity contribution in [1.29, 1.82) is 0 Å². The summed E-state index contributed by atoms with van der Waals surface area (Å²) >= 11 is 0. The Morgan fingerprint density at radius 1 is 0.821 bits per heavy atom. The summed E-state index contributed by atoms with van der Waals surface area (Å²) in [6.07, 6.45) is 4.53. The minimum absolute atomic E-state index is 0.146. The molecule has 0 heteroatoms. The SMILES string of the molecule is CCc1ccc(C2=CCC(C)(C)c3ccc(C#Cc4ccccc4)cc32)cc1. The third-order valence-electron chi connectivity index (χ3n) is 5.65. The Bertz CT molecular complexity index is 1070. The van der Waals surface area contributed by atoms with Crippen molar-refractivity contribution in [2.45, 2.75) is 39.0 Å². The lowest BCUT2D eigenvalue weighted by atomic mass is 9.72. The molecule has 0 saturated carbocycles. The van der Waals surface area contributed by atoms with Crippen molar-refractivity contribution in [3.8, 4) is 11.8 Å². The Morgan fingerprint density at radius 2 is 1.54 bits per heavy atom. The molecule has 1 aliphatic rings. The minimum Gasteiger partial charge on any atom is -0.0752 e. The standard InChI is InChI=1S/C28H26/c1-4-21-12-15-24(16-13-21)25-18-19-28(2,3)27-17-14-23(20-26(25)27)11-10-22-8-6-5-7-9-22/h5-9,12-18,20H,4,19H2,1-3H3. The lowest BCUT2D eigenvalue weighted by molar-refractivity contribution is 0.527. The first kappa shape index (κ1) is 18.3. The van der Waals surface area contributed by atoms with Crippen molar-refractivity contribution in [1.82, 2.24) is 0 Å². The molecular formula is C28H26. The average Bonchev–Trinajstić information content (AvgIpc) is 2.73. The second-order valence-corrected chi connectivity index (χ2v) is 8.13. The van der Waals surface area contributed by atoms with E-state index in [1.165, 1.54) is 27.8 Å². The van der Waals surface area contributed by atoms with E-state index in [1.54, 1.807) is 0 Å². The number of aryl methyl sites for hydroxylation is 1. The van der Waals surface area contributed by atoms with Gasteiger partial charge in [-0.3, -0.25) is 0 Å². The highest BCUT2D eigenvalue weighted by atomic mass is 14.3. The van der Waals surface area contributed by atoms with Crippen LogP contribution in [0, 0.1) is 11.8 Å². The molecular weight excluding hydrogens is 336 g/mol. The third kappa shape index (κ3) is 3.67. The lowest BCUT2D eigenvalue weighted by Gasteiger charge is -2.32. The zero-order chi connectivity index (χ0) is 19.6. The van der Waals surface area contributed by atoms with E-state index in [0.717, 1.165) is 24.0 Å². The fourth-order valence-electron chi connectivity index (χ4n) is 3.87. The highest BCUT2D eigenvalue weighted by Gasteiger charge is 2.28. The maximum Gasteiger partial charge on any atom is 0.0255 e. The summed E-state index contributed by atoms with van der Waals surface area (Å²) in [4.78, 5) is 0. The topological polar surface area (TPSA) is 0 Å². The zero-order valence-electron chi connectivity index (χ0n) is 16.9. The summed E-state index contributed by atoms with van der Waals surface area (Å²) in [5, 5.41) is 0. The predicted octanol–water partition coefficient (Wildman–Crippen LogP) is 6.76. The van der Waals surface area contributed by atoms with E-state index >= 15 is 0 Å². The van der Waals surface area contributed by atoms with E-state index < -0.39 is 0 Å². The number of hydrogen-bond acceptors (Lipinski definition) is 0. The van der Waals surface area contributed by atoms with Gasteiger partial charge in [-0.05, 0) is 70.3 Å². The summed E-state index contributed by atoms with van der Waals surface area (Å²) in [6, 6.07) is 25.9. The first-order valence-electron chi connectivity index (χ1n) is 10.1. The second-order valence-electron chi connectivity index (χ2n) is 8.13. The Morgan fingerprint density at radius 3 is 2.25 bits per heavy atom. The van der Waals surface area contributed by atoms with Crippen molar-refractivity contribution in [3.63, 3.8) is 0 Å². The molecule has 0 unspecified atom stereocenters. The fourth-order valence-corrected chi connectivity index (χ4v) is 3.87. The van der Waals surface area contributed by atoms with Gasteiger partial charge < -0.3 is 0 Å². The van der Waals surface area contributed by atoms with Gasteiger partial charge in [0.05, 0.1) is 0 Å². The number of rotatable bonds is 2. The van der Waals surface area contributed by atoms with Gasteiger partial charge in [-0.1, -0.05) is 87.2 Å². The Hall–Kier alpha value is -3.04. The van der Waals surface area contributed by atoms with Crippen molar-refractivity contribution in [3.05, 3.63) is 112 Å². The summed E-state index contributed by atoms with van der Waals surface area (Å²) in [5.41, 5.74) is 9.00. The van der Waals surface area contributed by atoms with E-state index in [2.05, 4.69) is 93.3 Å². The summed E-state index contributed by atoms with van der Waals surface area (Å²) in [5.74, 6) is 6.64. The molecule has 0 bridgehead atoms. The van der Waals surface area contributed by atoms with Gasteiger partial charge >= 0.3 is 0 Å². The van der Waals surface area contributed by atoms with Gasteiger partial charge in [0.15, 0.2) is 0 Å². The van der Waals surface area contributed by atoms with Crippen LogP contribution in [-0.2, 0) is 11.8 Å². The van der Waals surface area contributed by atoms with Gasteiger partial charge in [-0.15, -0.1) is 0 Å². The number of fused-ring (bicyclic) bond motifs is 1. The Labute approximate surface area is 168 Å². The van der Waals surface area contributed by atoms with E-state index in [4.69, 9.17) is 0 Å². The van der Waals surface area contributed by atoms with Gasteiger partial charge in [0, 0.05) is 11.1 Å². The zero-order valence-corrected chi connectivity index (χ0v) is 16.9. The van der Waals surface area contributed by atoms with Crippen LogP contribution < -0.4 is 0 Å². The van der Waals surface area contributed by atoms with Crippen molar-refractivity contribution < 1.29 is 0 Å². The quantitative estimate of drug-likeness (QED) is 0.442. The Balaban J connectivity index is 1.77. The first-order valence-corrected chi connectivity index (χ1v) is 10.1. The van der Waals surface area contributed by atoms with Crippen molar-refractivity contribution >= 4 is 5.57 Å². The molecule has 0 aromatic heterocycles. The minimum atomic E-state index is 0.146.